The van der Waals surface area contributed by atoms with Crippen molar-refractivity contribution in [2.75, 3.05) is 13.7 Å². The van der Waals surface area contributed by atoms with Crippen LogP contribution in [0.1, 0.15) is 44.7 Å². The summed E-state index contributed by atoms with van der Waals surface area (Å²) >= 11 is 3.63. The first-order valence-corrected chi connectivity index (χ1v) is 7.09. The lowest BCUT2D eigenvalue weighted by Gasteiger charge is -2.20. The summed E-state index contributed by atoms with van der Waals surface area (Å²) in [4.78, 5) is 0. The van der Waals surface area contributed by atoms with E-state index in [1.165, 1.54) is 24.8 Å². The van der Waals surface area contributed by atoms with Gasteiger partial charge in [0.25, 0.3) is 0 Å². The van der Waals surface area contributed by atoms with E-state index >= 15 is 0 Å². The molecule has 0 aliphatic rings. The van der Waals surface area contributed by atoms with E-state index in [0.717, 1.165) is 16.8 Å². The summed E-state index contributed by atoms with van der Waals surface area (Å²) in [5, 5.41) is 3.54. The Morgan fingerprint density at radius 1 is 1.35 bits per heavy atom. The molecule has 17 heavy (non-hydrogen) atoms. The molecule has 2 nitrogen and oxygen atoms in total. The maximum atomic E-state index is 5.22. The maximum Gasteiger partial charge on any atom is 0.120 e. The number of methoxy groups -OCH3 is 1. The molecule has 3 heteroatoms. The van der Waals surface area contributed by atoms with Gasteiger partial charge in [0, 0.05) is 10.5 Å². The Hall–Kier alpha value is -0.540. The first-order valence-electron chi connectivity index (χ1n) is 6.29. The predicted molar refractivity (Wildman–Crippen MR) is 76.6 cm³/mol. The third-order valence-electron chi connectivity index (χ3n) is 2.88. The van der Waals surface area contributed by atoms with Gasteiger partial charge in [-0.15, -0.1) is 0 Å². The van der Waals surface area contributed by atoms with E-state index in [9.17, 15) is 0 Å². The highest BCUT2D eigenvalue weighted by Crippen LogP contribution is 2.30. The number of nitrogens with one attached hydrogen (secondary N) is 1. The smallest absolute Gasteiger partial charge is 0.120 e. The molecule has 0 fully saturated rings. The summed E-state index contributed by atoms with van der Waals surface area (Å²) in [6, 6.07) is 6.63. The van der Waals surface area contributed by atoms with Crippen LogP contribution >= 0.6 is 15.9 Å². The number of ether oxygens (including phenoxy) is 1. The van der Waals surface area contributed by atoms with Gasteiger partial charge in [0.1, 0.15) is 5.75 Å². The molecule has 0 aliphatic carbocycles. The molecule has 1 atom stereocenters. The molecule has 0 aliphatic heterocycles. The summed E-state index contributed by atoms with van der Waals surface area (Å²) in [5.74, 6) is 0.895. The van der Waals surface area contributed by atoms with Crippen LogP contribution in [0.25, 0.3) is 0 Å². The van der Waals surface area contributed by atoms with E-state index in [-0.39, 0.29) is 0 Å². The monoisotopic (exact) mass is 299 g/mol. The van der Waals surface area contributed by atoms with E-state index in [1.807, 2.05) is 12.1 Å². The van der Waals surface area contributed by atoms with Crippen molar-refractivity contribution in [2.45, 2.75) is 39.2 Å². The van der Waals surface area contributed by atoms with Gasteiger partial charge in [-0.2, -0.15) is 0 Å². The van der Waals surface area contributed by atoms with Gasteiger partial charge in [-0.25, -0.2) is 0 Å². The van der Waals surface area contributed by atoms with E-state index in [1.54, 1.807) is 7.11 Å². The van der Waals surface area contributed by atoms with Crippen LogP contribution in [0.15, 0.2) is 22.7 Å². The Morgan fingerprint density at radius 2 is 2.12 bits per heavy atom. The minimum Gasteiger partial charge on any atom is -0.497 e. The zero-order valence-corrected chi connectivity index (χ0v) is 12.5. The largest absolute Gasteiger partial charge is 0.497 e. The second kappa shape index (κ2) is 7.72. The molecule has 0 spiro atoms. The molecule has 1 unspecified atom stereocenters. The molecule has 96 valence electrons. The topological polar surface area (TPSA) is 21.3 Å². The van der Waals surface area contributed by atoms with Crippen LogP contribution in [0.3, 0.4) is 0 Å². The molecule has 0 heterocycles. The number of benzene rings is 1. The first kappa shape index (κ1) is 14.5. The number of hydrogen-bond acceptors (Lipinski definition) is 2. The number of halogens is 1. The standard InChI is InChI=1S/C14H22BrNO/c1-4-6-7-14(16-5-2)12-9-8-11(17-3)10-13(12)15/h8-10,14,16H,4-7H2,1-3H3. The third kappa shape index (κ3) is 4.32. The molecule has 1 aromatic carbocycles. The van der Waals surface area contributed by atoms with Crippen molar-refractivity contribution in [3.05, 3.63) is 28.2 Å². The highest BCUT2D eigenvalue weighted by molar-refractivity contribution is 9.10. The van der Waals surface area contributed by atoms with E-state index < -0.39 is 0 Å². The molecule has 0 aromatic heterocycles. The Balaban J connectivity index is 2.85. The Labute approximate surface area is 113 Å². The summed E-state index contributed by atoms with van der Waals surface area (Å²) in [7, 11) is 1.69. The van der Waals surface area contributed by atoms with Gasteiger partial charge in [0.15, 0.2) is 0 Å². The summed E-state index contributed by atoms with van der Waals surface area (Å²) in [6.45, 7) is 5.37. The Bertz CT molecular complexity index is 341. The van der Waals surface area contributed by atoms with Crippen LogP contribution in [-0.2, 0) is 0 Å². The molecule has 0 saturated heterocycles. The fourth-order valence-corrected chi connectivity index (χ4v) is 2.57. The SMILES string of the molecule is CCCCC(NCC)c1ccc(OC)cc1Br. The van der Waals surface area contributed by atoms with Crippen LogP contribution in [0, 0.1) is 0 Å². The molecule has 1 N–H and O–H groups in total. The number of rotatable bonds is 7. The van der Waals surface area contributed by atoms with Gasteiger partial charge in [-0.3, -0.25) is 0 Å². The summed E-state index contributed by atoms with van der Waals surface area (Å²) < 4.78 is 6.34. The third-order valence-corrected chi connectivity index (χ3v) is 3.57. The van der Waals surface area contributed by atoms with Crippen LogP contribution in [0.2, 0.25) is 0 Å². The normalized spacial score (nSPS) is 12.5. The first-order chi connectivity index (χ1) is 8.22. The number of hydrogen-bond donors (Lipinski definition) is 1. The van der Waals surface area contributed by atoms with E-state index in [2.05, 4.69) is 41.2 Å². The lowest BCUT2D eigenvalue weighted by Crippen LogP contribution is -2.21. The zero-order valence-electron chi connectivity index (χ0n) is 10.9. The van der Waals surface area contributed by atoms with Crippen molar-refractivity contribution in [2.24, 2.45) is 0 Å². The van der Waals surface area contributed by atoms with Crippen LogP contribution in [0.4, 0.5) is 0 Å². The lowest BCUT2D eigenvalue weighted by atomic mass is 10.0. The molecule has 0 radical (unpaired) electrons. The van der Waals surface area contributed by atoms with Gasteiger partial charge in [0.05, 0.1) is 7.11 Å². The van der Waals surface area contributed by atoms with Gasteiger partial charge < -0.3 is 10.1 Å². The van der Waals surface area contributed by atoms with Crippen molar-refractivity contribution in [1.29, 1.82) is 0 Å². The zero-order chi connectivity index (χ0) is 12.7. The van der Waals surface area contributed by atoms with Crippen LogP contribution in [-0.4, -0.2) is 13.7 Å². The Kier molecular flexibility index (Phi) is 6.60. The van der Waals surface area contributed by atoms with Crippen molar-refractivity contribution in [3.63, 3.8) is 0 Å². The fourth-order valence-electron chi connectivity index (χ4n) is 1.94. The summed E-state index contributed by atoms with van der Waals surface area (Å²) in [6.07, 6.45) is 3.65. The second-order valence-corrected chi connectivity index (χ2v) is 4.99. The van der Waals surface area contributed by atoms with Gasteiger partial charge in [-0.1, -0.05) is 48.7 Å². The minimum atomic E-state index is 0.431. The van der Waals surface area contributed by atoms with Gasteiger partial charge in [0.2, 0.25) is 0 Å². The van der Waals surface area contributed by atoms with Crippen molar-refractivity contribution >= 4 is 15.9 Å². The highest BCUT2D eigenvalue weighted by Gasteiger charge is 2.13. The van der Waals surface area contributed by atoms with Crippen LogP contribution in [0.5, 0.6) is 5.75 Å². The molecule has 0 bridgehead atoms. The summed E-state index contributed by atoms with van der Waals surface area (Å²) in [5.41, 5.74) is 1.32. The minimum absolute atomic E-state index is 0.431. The van der Waals surface area contributed by atoms with E-state index in [4.69, 9.17) is 4.74 Å². The van der Waals surface area contributed by atoms with Crippen LogP contribution < -0.4 is 10.1 Å². The van der Waals surface area contributed by atoms with E-state index in [0.29, 0.717) is 6.04 Å². The molecule has 0 amide bonds. The predicted octanol–water partition coefficient (Wildman–Crippen LogP) is 4.30. The lowest BCUT2D eigenvalue weighted by molar-refractivity contribution is 0.413. The quantitative estimate of drug-likeness (QED) is 0.810. The Morgan fingerprint density at radius 3 is 2.65 bits per heavy atom. The van der Waals surface area contributed by atoms with Crippen molar-refractivity contribution in [3.8, 4) is 5.75 Å². The molecular weight excluding hydrogens is 278 g/mol. The molecule has 0 saturated carbocycles. The molecule has 1 rings (SSSR count). The molecule has 1 aromatic rings. The van der Waals surface area contributed by atoms with Gasteiger partial charge in [-0.05, 0) is 30.7 Å². The van der Waals surface area contributed by atoms with Crippen molar-refractivity contribution in [1.82, 2.24) is 5.32 Å². The maximum absolute atomic E-state index is 5.22. The highest BCUT2D eigenvalue weighted by atomic mass is 79.9. The second-order valence-electron chi connectivity index (χ2n) is 4.14. The fraction of sp³-hybridized carbons (Fsp3) is 0.571. The molecular formula is C14H22BrNO. The average Bonchev–Trinajstić information content (AvgIpc) is 2.34. The number of unbranched alkanes of at least 4 members (excludes halogenated alkanes) is 1. The van der Waals surface area contributed by atoms with Gasteiger partial charge >= 0.3 is 0 Å². The average molecular weight is 300 g/mol. The van der Waals surface area contributed by atoms with Crippen molar-refractivity contribution < 1.29 is 4.74 Å².